The van der Waals surface area contributed by atoms with Gasteiger partial charge in [0.25, 0.3) is 0 Å². The van der Waals surface area contributed by atoms with Crippen LogP contribution in [0.2, 0.25) is 0 Å². The summed E-state index contributed by atoms with van der Waals surface area (Å²) < 4.78 is 40.2. The fourth-order valence-corrected chi connectivity index (χ4v) is 2.83. The number of alkyl halides is 3. The fourth-order valence-electron chi connectivity index (χ4n) is 2.13. The Morgan fingerprint density at radius 3 is 2.43 bits per heavy atom. The summed E-state index contributed by atoms with van der Waals surface area (Å²) in [5, 5.41) is 7.33. The number of nitrogens with one attached hydrogen (secondary N) is 1. The molecule has 2 rings (SSSR count). The Morgan fingerprint density at radius 1 is 1.19 bits per heavy atom. The van der Waals surface area contributed by atoms with E-state index in [0.29, 0.717) is 0 Å². The maximum absolute atomic E-state index is 12.1. The average molecular weight is 315 g/mol. The Morgan fingerprint density at radius 2 is 1.90 bits per heavy atom. The molecule has 21 heavy (non-hydrogen) atoms. The zero-order valence-corrected chi connectivity index (χ0v) is 12.3. The minimum absolute atomic E-state index is 0.102. The van der Waals surface area contributed by atoms with E-state index in [-0.39, 0.29) is 11.8 Å². The Kier molecular flexibility index (Phi) is 5.25. The van der Waals surface area contributed by atoms with Crippen LogP contribution in [0.15, 0.2) is 41.1 Å². The zero-order chi connectivity index (χ0) is 15.3. The molecule has 1 aromatic carbocycles. The van der Waals surface area contributed by atoms with Crippen LogP contribution in [0, 0.1) is 0 Å². The van der Waals surface area contributed by atoms with E-state index >= 15 is 0 Å². The molecule has 1 heterocycles. The van der Waals surface area contributed by atoms with Gasteiger partial charge in [-0.25, -0.2) is 0 Å². The minimum atomic E-state index is -4.65. The molecule has 0 spiro atoms. The van der Waals surface area contributed by atoms with Gasteiger partial charge in [0.05, 0.1) is 0 Å². The van der Waals surface area contributed by atoms with Crippen LogP contribution in [0.4, 0.5) is 13.2 Å². The second-order valence-electron chi connectivity index (χ2n) is 4.63. The smallest absolute Gasteiger partial charge is 0.406 e. The van der Waals surface area contributed by atoms with Gasteiger partial charge in [0.1, 0.15) is 5.75 Å². The molecule has 0 aliphatic carbocycles. The molecular formula is C15H16F3NOS. The highest BCUT2D eigenvalue weighted by Gasteiger charge is 2.31. The molecule has 0 saturated carbocycles. The molecule has 114 valence electrons. The molecule has 6 heteroatoms. The van der Waals surface area contributed by atoms with Gasteiger partial charge in [0, 0.05) is 6.04 Å². The monoisotopic (exact) mass is 315 g/mol. The van der Waals surface area contributed by atoms with Crippen LogP contribution in [-0.2, 0) is 6.42 Å². The number of halogens is 3. The lowest BCUT2D eigenvalue weighted by Gasteiger charge is -2.17. The molecular weight excluding hydrogens is 299 g/mol. The van der Waals surface area contributed by atoms with Crippen LogP contribution in [-0.4, -0.2) is 13.4 Å². The van der Waals surface area contributed by atoms with Crippen molar-refractivity contribution in [2.24, 2.45) is 0 Å². The summed E-state index contributed by atoms with van der Waals surface area (Å²) in [4.78, 5) is 0. The topological polar surface area (TPSA) is 21.3 Å². The van der Waals surface area contributed by atoms with Gasteiger partial charge in [0.2, 0.25) is 0 Å². The average Bonchev–Trinajstić information content (AvgIpc) is 2.92. The first-order valence-corrected chi connectivity index (χ1v) is 7.46. The SMILES string of the molecule is CNC(CCc1ccsc1)c1ccc(OC(F)(F)F)cc1. The van der Waals surface area contributed by atoms with Crippen molar-refractivity contribution in [3.63, 3.8) is 0 Å². The molecule has 0 amide bonds. The molecule has 0 bridgehead atoms. The van der Waals surface area contributed by atoms with Crippen LogP contribution in [0.1, 0.15) is 23.6 Å². The Balaban J connectivity index is 1.98. The van der Waals surface area contributed by atoms with Crippen LogP contribution in [0.5, 0.6) is 5.75 Å². The van der Waals surface area contributed by atoms with Crippen LogP contribution < -0.4 is 10.1 Å². The van der Waals surface area contributed by atoms with Gasteiger partial charge in [0.15, 0.2) is 0 Å². The van der Waals surface area contributed by atoms with Gasteiger partial charge in [-0.1, -0.05) is 12.1 Å². The van der Waals surface area contributed by atoms with Crippen molar-refractivity contribution in [3.8, 4) is 5.75 Å². The van der Waals surface area contributed by atoms with E-state index in [1.807, 2.05) is 12.4 Å². The highest BCUT2D eigenvalue weighted by molar-refractivity contribution is 7.07. The highest BCUT2D eigenvalue weighted by atomic mass is 32.1. The van der Waals surface area contributed by atoms with Crippen molar-refractivity contribution in [1.29, 1.82) is 0 Å². The van der Waals surface area contributed by atoms with Gasteiger partial charge in [-0.05, 0) is 60.0 Å². The minimum Gasteiger partial charge on any atom is -0.406 e. The number of hydrogen-bond donors (Lipinski definition) is 1. The third-order valence-electron chi connectivity index (χ3n) is 3.17. The van der Waals surface area contributed by atoms with Gasteiger partial charge < -0.3 is 10.1 Å². The maximum Gasteiger partial charge on any atom is 0.573 e. The van der Waals surface area contributed by atoms with Crippen molar-refractivity contribution in [1.82, 2.24) is 5.32 Å². The lowest BCUT2D eigenvalue weighted by atomic mass is 10.0. The number of rotatable bonds is 6. The largest absolute Gasteiger partial charge is 0.573 e. The molecule has 1 N–H and O–H groups in total. The van der Waals surface area contributed by atoms with E-state index in [2.05, 4.69) is 21.5 Å². The van der Waals surface area contributed by atoms with Gasteiger partial charge in [-0.2, -0.15) is 11.3 Å². The number of aryl methyl sites for hydroxylation is 1. The van der Waals surface area contributed by atoms with Crippen LogP contribution >= 0.6 is 11.3 Å². The van der Waals surface area contributed by atoms with E-state index < -0.39 is 6.36 Å². The number of thiophene rings is 1. The first-order valence-electron chi connectivity index (χ1n) is 6.52. The normalized spacial score (nSPS) is 13.1. The van der Waals surface area contributed by atoms with E-state index in [0.717, 1.165) is 18.4 Å². The van der Waals surface area contributed by atoms with Crippen LogP contribution in [0.25, 0.3) is 0 Å². The molecule has 2 aromatic rings. The Labute approximate surface area is 125 Å². The summed E-state index contributed by atoms with van der Waals surface area (Å²) in [6, 6.07) is 8.20. The standard InChI is InChI=1S/C15H16F3NOS/c1-19-14(7-2-11-8-9-21-10-11)12-3-5-13(6-4-12)20-15(16,17)18/h3-6,8-10,14,19H,2,7H2,1H3. The molecule has 0 radical (unpaired) electrons. The van der Waals surface area contributed by atoms with Gasteiger partial charge in [-0.15, -0.1) is 13.2 Å². The lowest BCUT2D eigenvalue weighted by molar-refractivity contribution is -0.274. The predicted octanol–water partition coefficient (Wildman–Crippen LogP) is 4.54. The van der Waals surface area contributed by atoms with E-state index in [9.17, 15) is 13.2 Å². The Hall–Kier alpha value is -1.53. The molecule has 0 saturated heterocycles. The third kappa shape index (κ3) is 5.06. The number of benzene rings is 1. The van der Waals surface area contributed by atoms with E-state index in [1.165, 1.54) is 17.7 Å². The quantitative estimate of drug-likeness (QED) is 0.845. The summed E-state index contributed by atoms with van der Waals surface area (Å²) in [5.41, 5.74) is 2.22. The molecule has 1 atom stereocenters. The van der Waals surface area contributed by atoms with Crippen molar-refractivity contribution in [3.05, 3.63) is 52.2 Å². The molecule has 1 aromatic heterocycles. The zero-order valence-electron chi connectivity index (χ0n) is 11.5. The number of ether oxygens (including phenoxy) is 1. The Bertz CT molecular complexity index is 537. The van der Waals surface area contributed by atoms with E-state index in [4.69, 9.17) is 0 Å². The first kappa shape index (κ1) is 15.9. The summed E-state index contributed by atoms with van der Waals surface area (Å²) >= 11 is 1.66. The molecule has 2 nitrogen and oxygen atoms in total. The summed E-state index contributed by atoms with van der Waals surface area (Å²) in [6.07, 6.45) is -2.84. The fraction of sp³-hybridized carbons (Fsp3) is 0.333. The summed E-state index contributed by atoms with van der Waals surface area (Å²) in [7, 11) is 1.85. The second kappa shape index (κ2) is 6.95. The van der Waals surface area contributed by atoms with Crippen molar-refractivity contribution in [2.45, 2.75) is 25.2 Å². The highest BCUT2D eigenvalue weighted by Crippen LogP contribution is 2.26. The van der Waals surface area contributed by atoms with Crippen molar-refractivity contribution < 1.29 is 17.9 Å². The molecule has 0 aliphatic rings. The predicted molar refractivity (Wildman–Crippen MR) is 77.6 cm³/mol. The third-order valence-corrected chi connectivity index (χ3v) is 3.90. The van der Waals surface area contributed by atoms with Gasteiger partial charge in [-0.3, -0.25) is 0 Å². The summed E-state index contributed by atoms with van der Waals surface area (Å²) in [6.45, 7) is 0. The van der Waals surface area contributed by atoms with Crippen molar-refractivity contribution in [2.75, 3.05) is 7.05 Å². The second-order valence-corrected chi connectivity index (χ2v) is 5.41. The molecule has 0 aliphatic heterocycles. The number of hydrogen-bond acceptors (Lipinski definition) is 3. The van der Waals surface area contributed by atoms with Gasteiger partial charge >= 0.3 is 6.36 Å². The summed E-state index contributed by atoms with van der Waals surface area (Å²) in [5.74, 6) is -0.195. The van der Waals surface area contributed by atoms with Crippen molar-refractivity contribution >= 4 is 11.3 Å². The maximum atomic E-state index is 12.1. The molecule has 1 unspecified atom stereocenters. The first-order chi connectivity index (χ1) is 9.98. The van der Waals surface area contributed by atoms with E-state index in [1.54, 1.807) is 23.5 Å². The lowest BCUT2D eigenvalue weighted by Crippen LogP contribution is -2.18. The van der Waals surface area contributed by atoms with Crippen LogP contribution in [0.3, 0.4) is 0 Å². The molecule has 0 fully saturated rings.